The maximum atomic E-state index is 12.6. The third-order valence-corrected chi connectivity index (χ3v) is 6.25. The maximum Gasteiger partial charge on any atom is 0.242 e. The molecule has 1 fully saturated rings. The second-order valence-corrected chi connectivity index (χ2v) is 8.91. The monoisotopic (exact) mass is 525 g/mol. The van der Waals surface area contributed by atoms with Gasteiger partial charge in [-0.05, 0) is 49.4 Å². The number of nitrogens with zero attached hydrogens (tertiary/aromatic N) is 2. The Bertz CT molecular complexity index is 1120. The van der Waals surface area contributed by atoms with E-state index in [0.717, 1.165) is 36.0 Å². The quantitative estimate of drug-likeness (QED) is 0.440. The van der Waals surface area contributed by atoms with Gasteiger partial charge in [0.1, 0.15) is 11.7 Å². The number of nitrogens with one attached hydrogen (secondary N) is 3. The van der Waals surface area contributed by atoms with E-state index in [9.17, 15) is 9.59 Å². The van der Waals surface area contributed by atoms with Crippen LogP contribution in [0.3, 0.4) is 0 Å². The summed E-state index contributed by atoms with van der Waals surface area (Å²) in [5.41, 5.74) is 2.91. The lowest BCUT2D eigenvalue weighted by atomic mass is 9.96. The average molecular weight is 527 g/mol. The van der Waals surface area contributed by atoms with Crippen LogP contribution in [0.5, 0.6) is 0 Å². The normalized spacial score (nSPS) is 18.0. The Morgan fingerprint density at radius 3 is 2.71 bits per heavy atom. The van der Waals surface area contributed by atoms with Gasteiger partial charge in [-0.1, -0.05) is 41.9 Å². The number of aryl methyl sites for hydroxylation is 1. The molecule has 3 atom stereocenters. The zero-order valence-corrected chi connectivity index (χ0v) is 21.5. The first-order valence-corrected chi connectivity index (χ1v) is 11.2. The van der Waals surface area contributed by atoms with Gasteiger partial charge in [0.15, 0.2) is 0 Å². The number of halogens is 3. The van der Waals surface area contributed by atoms with Gasteiger partial charge in [0.05, 0.1) is 11.1 Å². The number of rotatable bonds is 7. The first kappa shape index (κ1) is 27.9. The van der Waals surface area contributed by atoms with Crippen molar-refractivity contribution in [3.63, 3.8) is 0 Å². The minimum absolute atomic E-state index is 0. The van der Waals surface area contributed by atoms with Crippen LogP contribution in [0.1, 0.15) is 24.5 Å². The highest BCUT2D eigenvalue weighted by Gasteiger charge is 2.30. The van der Waals surface area contributed by atoms with Crippen molar-refractivity contribution in [2.45, 2.75) is 38.4 Å². The maximum absolute atomic E-state index is 12.6. The highest BCUT2D eigenvalue weighted by Crippen LogP contribution is 2.24. The SMILES string of the molecule is C[C@H](NC(=O)C1CC(Cc2ccccc2)CN1)C(=O)NCc1cnc2c(c1)c(Cl)cn2C.Cl.Cl. The molecule has 0 bridgehead atoms. The van der Waals surface area contributed by atoms with Gasteiger partial charge < -0.3 is 20.5 Å². The smallest absolute Gasteiger partial charge is 0.242 e. The van der Waals surface area contributed by atoms with Gasteiger partial charge in [-0.25, -0.2) is 4.98 Å². The summed E-state index contributed by atoms with van der Waals surface area (Å²) < 4.78 is 1.86. The minimum atomic E-state index is -0.630. The van der Waals surface area contributed by atoms with Gasteiger partial charge in [0.2, 0.25) is 11.8 Å². The van der Waals surface area contributed by atoms with Crippen LogP contribution in [0, 0.1) is 5.92 Å². The van der Waals surface area contributed by atoms with Crippen molar-refractivity contribution in [2.75, 3.05) is 6.54 Å². The number of benzene rings is 1. The molecule has 4 rings (SSSR count). The topological polar surface area (TPSA) is 88.1 Å². The third-order valence-electron chi connectivity index (χ3n) is 5.95. The van der Waals surface area contributed by atoms with Crippen LogP contribution in [0.15, 0.2) is 48.8 Å². The van der Waals surface area contributed by atoms with Crippen molar-refractivity contribution in [3.05, 3.63) is 64.9 Å². The van der Waals surface area contributed by atoms with E-state index >= 15 is 0 Å². The Labute approximate surface area is 216 Å². The Hall–Kier alpha value is -2.32. The van der Waals surface area contributed by atoms with E-state index in [2.05, 4.69) is 33.1 Å². The second-order valence-electron chi connectivity index (χ2n) is 8.50. The highest BCUT2D eigenvalue weighted by atomic mass is 35.5. The molecular weight excluding hydrogens is 497 g/mol. The van der Waals surface area contributed by atoms with Crippen molar-refractivity contribution < 1.29 is 9.59 Å². The summed E-state index contributed by atoms with van der Waals surface area (Å²) in [4.78, 5) is 29.6. The Balaban J connectivity index is 0.00000204. The fourth-order valence-corrected chi connectivity index (χ4v) is 4.47. The molecular formula is C24H30Cl3N5O2. The van der Waals surface area contributed by atoms with Crippen LogP contribution in [-0.4, -0.2) is 40.0 Å². The molecule has 34 heavy (non-hydrogen) atoms. The molecule has 0 spiro atoms. The number of aromatic nitrogens is 2. The van der Waals surface area contributed by atoms with Crippen molar-refractivity contribution in [2.24, 2.45) is 13.0 Å². The number of hydrogen-bond acceptors (Lipinski definition) is 4. The van der Waals surface area contributed by atoms with Gasteiger partial charge in [0, 0.05) is 31.4 Å². The molecule has 1 aliphatic heterocycles. The van der Waals surface area contributed by atoms with Gasteiger partial charge in [-0.15, -0.1) is 24.8 Å². The summed E-state index contributed by atoms with van der Waals surface area (Å²) in [6.45, 7) is 2.80. The fraction of sp³-hybridized carbons (Fsp3) is 0.375. The molecule has 1 aliphatic rings. The van der Waals surface area contributed by atoms with Crippen molar-refractivity contribution in [1.29, 1.82) is 0 Å². The van der Waals surface area contributed by atoms with Crippen LogP contribution in [0.25, 0.3) is 11.0 Å². The van der Waals surface area contributed by atoms with E-state index < -0.39 is 6.04 Å². The molecule has 1 aromatic carbocycles. The molecule has 10 heteroatoms. The van der Waals surface area contributed by atoms with E-state index in [1.54, 1.807) is 19.3 Å². The van der Waals surface area contributed by atoms with Crippen LogP contribution in [0.2, 0.25) is 5.02 Å². The molecule has 2 aromatic heterocycles. The van der Waals surface area contributed by atoms with Gasteiger partial charge in [0.25, 0.3) is 0 Å². The third kappa shape index (κ3) is 6.63. The predicted molar refractivity (Wildman–Crippen MR) is 140 cm³/mol. The second kappa shape index (κ2) is 12.4. The summed E-state index contributed by atoms with van der Waals surface area (Å²) in [6.07, 6.45) is 5.23. The molecule has 2 amide bonds. The number of hydrogen-bond donors (Lipinski definition) is 3. The lowest BCUT2D eigenvalue weighted by Gasteiger charge is -2.17. The van der Waals surface area contributed by atoms with E-state index in [1.807, 2.05) is 35.9 Å². The zero-order chi connectivity index (χ0) is 22.7. The van der Waals surface area contributed by atoms with Crippen LogP contribution < -0.4 is 16.0 Å². The van der Waals surface area contributed by atoms with E-state index in [0.29, 0.717) is 17.5 Å². The van der Waals surface area contributed by atoms with Crippen LogP contribution in [-0.2, 0) is 29.6 Å². The molecule has 0 saturated carbocycles. The van der Waals surface area contributed by atoms with Crippen molar-refractivity contribution in [1.82, 2.24) is 25.5 Å². The molecule has 1 saturated heterocycles. The van der Waals surface area contributed by atoms with E-state index in [-0.39, 0.29) is 42.7 Å². The van der Waals surface area contributed by atoms with E-state index in [4.69, 9.17) is 11.6 Å². The fourth-order valence-electron chi connectivity index (χ4n) is 4.19. The molecule has 2 unspecified atom stereocenters. The van der Waals surface area contributed by atoms with Gasteiger partial charge in [-0.3, -0.25) is 9.59 Å². The average Bonchev–Trinajstić information content (AvgIpc) is 3.37. The molecule has 0 aliphatic carbocycles. The molecule has 3 heterocycles. The Morgan fingerprint density at radius 1 is 1.24 bits per heavy atom. The van der Waals surface area contributed by atoms with E-state index in [1.165, 1.54) is 5.56 Å². The number of pyridine rings is 1. The first-order chi connectivity index (χ1) is 15.4. The summed E-state index contributed by atoms with van der Waals surface area (Å²) >= 11 is 6.24. The Morgan fingerprint density at radius 2 is 1.97 bits per heavy atom. The van der Waals surface area contributed by atoms with Crippen molar-refractivity contribution >= 4 is 59.3 Å². The summed E-state index contributed by atoms with van der Waals surface area (Å²) in [5.74, 6) is 0.0308. The molecule has 7 nitrogen and oxygen atoms in total. The molecule has 3 N–H and O–H groups in total. The number of amides is 2. The number of carbonyl (C=O) groups is 2. The minimum Gasteiger partial charge on any atom is -0.350 e. The zero-order valence-electron chi connectivity index (χ0n) is 19.1. The molecule has 3 aromatic rings. The molecule has 0 radical (unpaired) electrons. The van der Waals surface area contributed by atoms with Crippen LogP contribution >= 0.6 is 36.4 Å². The first-order valence-electron chi connectivity index (χ1n) is 10.9. The largest absolute Gasteiger partial charge is 0.350 e. The summed E-state index contributed by atoms with van der Waals surface area (Å²) in [7, 11) is 1.89. The molecule has 184 valence electrons. The Kier molecular flexibility index (Phi) is 10.2. The highest BCUT2D eigenvalue weighted by molar-refractivity contribution is 6.35. The van der Waals surface area contributed by atoms with Gasteiger partial charge >= 0.3 is 0 Å². The van der Waals surface area contributed by atoms with Crippen molar-refractivity contribution in [3.8, 4) is 0 Å². The lowest BCUT2D eigenvalue weighted by Crippen LogP contribution is -2.49. The number of fused-ring (bicyclic) bond motifs is 1. The number of carbonyl (C=O) groups excluding carboxylic acids is 2. The lowest BCUT2D eigenvalue weighted by molar-refractivity contribution is -0.129. The predicted octanol–water partition coefficient (Wildman–Crippen LogP) is 3.41. The summed E-state index contributed by atoms with van der Waals surface area (Å²) in [5, 5.41) is 10.5. The van der Waals surface area contributed by atoms with Crippen LogP contribution in [0.4, 0.5) is 0 Å². The van der Waals surface area contributed by atoms with Gasteiger partial charge in [-0.2, -0.15) is 0 Å². The standard InChI is InChI=1S/C24H28ClN5O2.2ClH/c1-15(23(31)28-13-18-9-19-20(25)14-30(2)22(19)27-12-18)29-24(32)21-10-17(11-26-21)8-16-6-4-3-5-7-16;;/h3-7,9,12,14-15,17,21,26H,8,10-11,13H2,1-2H3,(H,28,31)(H,29,32);2*1H/t15-,17?,21?;;/m0../s1. The summed E-state index contributed by atoms with van der Waals surface area (Å²) in [6, 6.07) is 11.3.